The van der Waals surface area contributed by atoms with Gasteiger partial charge in [-0.25, -0.2) is 4.98 Å². The van der Waals surface area contributed by atoms with E-state index in [1.807, 2.05) is 31.2 Å². The first kappa shape index (κ1) is 19.9. The number of nitrogens with zero attached hydrogens (tertiary/aromatic N) is 5. The van der Waals surface area contributed by atoms with Crippen molar-refractivity contribution in [3.63, 3.8) is 0 Å². The van der Waals surface area contributed by atoms with Crippen LogP contribution in [0.2, 0.25) is 5.02 Å². The Bertz CT molecular complexity index is 1250. The summed E-state index contributed by atoms with van der Waals surface area (Å²) in [6, 6.07) is 10.1. The summed E-state index contributed by atoms with van der Waals surface area (Å²) in [5.74, 6) is 0.596. The quantitative estimate of drug-likeness (QED) is 0.462. The van der Waals surface area contributed by atoms with Crippen molar-refractivity contribution in [2.24, 2.45) is 0 Å². The highest BCUT2D eigenvalue weighted by Crippen LogP contribution is 2.43. The number of rotatable bonds is 3. The first-order chi connectivity index (χ1) is 14.8. The lowest BCUT2D eigenvalue weighted by Crippen LogP contribution is -2.40. The van der Waals surface area contributed by atoms with E-state index in [1.54, 1.807) is 17.2 Å². The fraction of sp³-hybridized carbons (Fsp3) is 0.286. The van der Waals surface area contributed by atoms with Gasteiger partial charge in [-0.2, -0.15) is 23.4 Å². The van der Waals surface area contributed by atoms with E-state index in [1.165, 1.54) is 6.07 Å². The van der Waals surface area contributed by atoms with Crippen molar-refractivity contribution in [2.75, 3.05) is 11.4 Å². The second-order valence-electron chi connectivity index (χ2n) is 7.77. The second-order valence-corrected chi connectivity index (χ2v) is 8.18. The van der Waals surface area contributed by atoms with E-state index in [4.69, 9.17) is 11.6 Å². The number of para-hydroxylation sites is 2. The van der Waals surface area contributed by atoms with Gasteiger partial charge in [0.25, 0.3) is 0 Å². The average molecular weight is 447 g/mol. The van der Waals surface area contributed by atoms with Crippen LogP contribution in [0.5, 0.6) is 0 Å². The summed E-state index contributed by atoms with van der Waals surface area (Å²) in [5, 5.41) is 8.14. The van der Waals surface area contributed by atoms with Crippen LogP contribution >= 0.6 is 11.6 Å². The SMILES string of the molecule is C[C@@]1(c2nc3cc(Cl)c(C(F)(F)F)cc3[nH]2)CCCN1c1ccccc1-n1nccn1. The molecule has 6 nitrogen and oxygen atoms in total. The van der Waals surface area contributed by atoms with E-state index >= 15 is 0 Å². The Morgan fingerprint density at radius 3 is 2.52 bits per heavy atom. The van der Waals surface area contributed by atoms with Gasteiger partial charge in [-0.1, -0.05) is 23.7 Å². The zero-order valence-corrected chi connectivity index (χ0v) is 17.2. The number of aromatic nitrogens is 5. The lowest BCUT2D eigenvalue weighted by atomic mass is 9.97. The van der Waals surface area contributed by atoms with Crippen molar-refractivity contribution >= 4 is 28.3 Å². The van der Waals surface area contributed by atoms with Crippen molar-refractivity contribution in [3.05, 3.63) is 65.2 Å². The third kappa shape index (κ3) is 3.23. The number of hydrogen-bond donors (Lipinski definition) is 1. The first-order valence-corrected chi connectivity index (χ1v) is 10.2. The molecule has 2 aromatic heterocycles. The monoisotopic (exact) mass is 446 g/mol. The first-order valence-electron chi connectivity index (χ1n) is 9.78. The van der Waals surface area contributed by atoms with Crippen LogP contribution in [0.4, 0.5) is 18.9 Å². The molecule has 4 aromatic rings. The van der Waals surface area contributed by atoms with E-state index < -0.39 is 17.3 Å². The van der Waals surface area contributed by atoms with Crippen LogP contribution in [-0.2, 0) is 11.7 Å². The van der Waals surface area contributed by atoms with Crippen LogP contribution in [0, 0.1) is 0 Å². The van der Waals surface area contributed by atoms with Gasteiger partial charge in [-0.3, -0.25) is 0 Å². The molecule has 0 unspecified atom stereocenters. The highest BCUT2D eigenvalue weighted by molar-refractivity contribution is 6.32. The number of imidazole rings is 1. The summed E-state index contributed by atoms with van der Waals surface area (Å²) in [6.07, 6.45) is 0.383. The summed E-state index contributed by atoms with van der Waals surface area (Å²) in [4.78, 5) is 11.5. The fourth-order valence-corrected chi connectivity index (χ4v) is 4.57. The predicted molar refractivity (Wildman–Crippen MR) is 111 cm³/mol. The van der Waals surface area contributed by atoms with E-state index in [0.29, 0.717) is 16.9 Å². The third-order valence-electron chi connectivity index (χ3n) is 5.83. The third-order valence-corrected chi connectivity index (χ3v) is 6.15. The number of benzene rings is 2. The van der Waals surface area contributed by atoms with Crippen LogP contribution in [0.25, 0.3) is 16.7 Å². The minimum atomic E-state index is -4.53. The molecule has 3 heterocycles. The molecular formula is C21H18ClF3N6. The summed E-state index contributed by atoms with van der Waals surface area (Å²) >= 11 is 5.89. The number of hydrogen-bond acceptors (Lipinski definition) is 4. The number of nitrogens with one attached hydrogen (secondary N) is 1. The molecule has 160 valence electrons. The molecule has 0 aliphatic carbocycles. The summed E-state index contributed by atoms with van der Waals surface area (Å²) < 4.78 is 39.8. The molecule has 10 heteroatoms. The van der Waals surface area contributed by atoms with Crippen molar-refractivity contribution < 1.29 is 13.2 Å². The van der Waals surface area contributed by atoms with Gasteiger partial charge in [0.05, 0.1) is 45.2 Å². The summed E-state index contributed by atoms with van der Waals surface area (Å²) in [5.41, 5.74) is 1.03. The van der Waals surface area contributed by atoms with Crippen LogP contribution in [0.3, 0.4) is 0 Å². The summed E-state index contributed by atoms with van der Waals surface area (Å²) in [6.45, 7) is 2.80. The van der Waals surface area contributed by atoms with E-state index in [2.05, 4.69) is 25.1 Å². The van der Waals surface area contributed by atoms with Gasteiger partial charge < -0.3 is 9.88 Å². The maximum Gasteiger partial charge on any atom is 0.417 e. The molecule has 0 saturated carbocycles. The molecule has 1 fully saturated rings. The van der Waals surface area contributed by atoms with Gasteiger partial charge >= 0.3 is 6.18 Å². The van der Waals surface area contributed by atoms with Crippen molar-refractivity contribution in [1.29, 1.82) is 0 Å². The molecule has 31 heavy (non-hydrogen) atoms. The average Bonchev–Trinajstić information content (AvgIpc) is 3.46. The van der Waals surface area contributed by atoms with Gasteiger partial charge in [0.2, 0.25) is 0 Å². The zero-order valence-electron chi connectivity index (χ0n) is 16.5. The Kier molecular flexibility index (Phi) is 4.47. The normalized spacial score (nSPS) is 19.5. The van der Waals surface area contributed by atoms with E-state index in [-0.39, 0.29) is 5.02 Å². The van der Waals surface area contributed by atoms with Crippen LogP contribution in [0.1, 0.15) is 31.2 Å². The minimum Gasteiger partial charge on any atom is -0.357 e. The van der Waals surface area contributed by atoms with Gasteiger partial charge in [0.1, 0.15) is 11.5 Å². The lowest BCUT2D eigenvalue weighted by molar-refractivity contribution is -0.137. The molecule has 1 atom stereocenters. The number of fused-ring (bicyclic) bond motifs is 1. The fourth-order valence-electron chi connectivity index (χ4n) is 4.30. The molecular weight excluding hydrogens is 429 g/mol. The maximum atomic E-state index is 13.3. The molecule has 0 radical (unpaired) electrons. The van der Waals surface area contributed by atoms with Crippen molar-refractivity contribution in [3.8, 4) is 5.69 Å². The van der Waals surface area contributed by atoms with Crippen molar-refractivity contribution in [2.45, 2.75) is 31.5 Å². The second kappa shape index (κ2) is 6.98. The molecule has 1 aliphatic rings. The molecule has 1 N–H and O–H groups in total. The van der Waals surface area contributed by atoms with E-state index in [9.17, 15) is 13.2 Å². The maximum absolute atomic E-state index is 13.3. The topological polar surface area (TPSA) is 62.6 Å². The molecule has 0 bridgehead atoms. The van der Waals surface area contributed by atoms with Gasteiger partial charge in [0.15, 0.2) is 0 Å². The largest absolute Gasteiger partial charge is 0.417 e. The highest BCUT2D eigenvalue weighted by Gasteiger charge is 2.42. The zero-order chi connectivity index (χ0) is 21.8. The molecule has 0 spiro atoms. The summed E-state index contributed by atoms with van der Waals surface area (Å²) in [7, 11) is 0. The van der Waals surface area contributed by atoms with Crippen LogP contribution in [-0.4, -0.2) is 31.5 Å². The Morgan fingerprint density at radius 2 is 1.81 bits per heavy atom. The predicted octanol–water partition coefficient (Wildman–Crippen LogP) is 5.33. The number of alkyl halides is 3. The number of anilines is 1. The number of aromatic amines is 1. The molecule has 1 saturated heterocycles. The van der Waals surface area contributed by atoms with Gasteiger partial charge in [-0.15, -0.1) is 4.80 Å². The van der Waals surface area contributed by atoms with Crippen LogP contribution < -0.4 is 4.90 Å². The molecule has 5 rings (SSSR count). The Hall–Kier alpha value is -3.07. The van der Waals surface area contributed by atoms with Gasteiger partial charge in [0, 0.05) is 6.54 Å². The lowest BCUT2D eigenvalue weighted by Gasteiger charge is -2.36. The Morgan fingerprint density at radius 1 is 1.10 bits per heavy atom. The standard InChI is InChI=1S/C21H18ClF3N6/c1-20(19-28-15-11-13(21(23,24)25)14(22)12-16(15)29-19)7-4-10-30(20)17-5-2-3-6-18(17)31-26-8-9-27-31/h2-3,5-6,8-9,11-12H,4,7,10H2,1H3,(H,28,29)/t20-/m0/s1. The number of H-pyrrole nitrogens is 1. The highest BCUT2D eigenvalue weighted by atomic mass is 35.5. The van der Waals surface area contributed by atoms with Crippen molar-refractivity contribution in [1.82, 2.24) is 25.0 Å². The number of halogens is 4. The smallest absolute Gasteiger partial charge is 0.357 e. The van der Waals surface area contributed by atoms with Crippen LogP contribution in [0.15, 0.2) is 48.8 Å². The van der Waals surface area contributed by atoms with E-state index in [0.717, 1.165) is 36.8 Å². The van der Waals surface area contributed by atoms with Gasteiger partial charge in [-0.05, 0) is 44.0 Å². The molecule has 2 aromatic carbocycles. The molecule has 1 aliphatic heterocycles. The Balaban J connectivity index is 1.61. The Labute approximate surface area is 180 Å². The molecule has 0 amide bonds. The minimum absolute atomic E-state index is 0.307.